The molecule has 0 spiro atoms. The van der Waals surface area contributed by atoms with Crippen molar-refractivity contribution in [1.29, 1.82) is 0 Å². The van der Waals surface area contributed by atoms with Gasteiger partial charge in [0.25, 0.3) is 0 Å². The maximum absolute atomic E-state index is 3.76. The number of nitrogens with one attached hydrogen (secondary N) is 1. The first-order valence-electron chi connectivity index (χ1n) is 6.61. The van der Waals surface area contributed by atoms with Crippen molar-refractivity contribution < 1.29 is 0 Å². The number of thioether (sulfide) groups is 1. The van der Waals surface area contributed by atoms with Crippen LogP contribution in [-0.4, -0.2) is 48.6 Å². The van der Waals surface area contributed by atoms with Gasteiger partial charge in [0.05, 0.1) is 0 Å². The maximum atomic E-state index is 3.76. The molecule has 0 amide bonds. The second-order valence-electron chi connectivity index (χ2n) is 6.03. The molecule has 0 radical (unpaired) electrons. The lowest BCUT2D eigenvalue weighted by atomic mass is 9.82. The van der Waals surface area contributed by atoms with Crippen LogP contribution in [0.25, 0.3) is 0 Å². The van der Waals surface area contributed by atoms with Crippen molar-refractivity contribution in [1.82, 2.24) is 10.2 Å². The fourth-order valence-electron chi connectivity index (χ4n) is 2.38. The van der Waals surface area contributed by atoms with Crippen molar-refractivity contribution in [3.8, 4) is 0 Å². The first-order valence-corrected chi connectivity index (χ1v) is 7.76. The molecular weight excluding hydrogens is 216 g/mol. The molecule has 1 N–H and O–H groups in total. The fraction of sp³-hybridized carbons (Fsp3) is 1.00. The Labute approximate surface area is 105 Å². The Balaban J connectivity index is 1.67. The molecule has 1 aliphatic heterocycles. The highest BCUT2D eigenvalue weighted by Gasteiger charge is 2.32. The quantitative estimate of drug-likeness (QED) is 0.796. The zero-order chi connectivity index (χ0) is 11.6. The van der Waals surface area contributed by atoms with E-state index in [1.807, 2.05) is 0 Å². The molecule has 1 saturated heterocycles. The summed E-state index contributed by atoms with van der Waals surface area (Å²) in [5.41, 5.74) is 0.489. The molecule has 2 aliphatic rings. The predicted molar refractivity (Wildman–Crippen MR) is 73.2 cm³/mol. The molecule has 1 heterocycles. The SMILES string of the molecule is CN(CCNC1CSCCC1(C)C)C1CC1. The van der Waals surface area contributed by atoms with E-state index in [1.165, 1.54) is 37.3 Å². The van der Waals surface area contributed by atoms with E-state index in [1.54, 1.807) is 0 Å². The van der Waals surface area contributed by atoms with Crippen molar-refractivity contribution in [3.63, 3.8) is 0 Å². The molecule has 2 fully saturated rings. The van der Waals surface area contributed by atoms with Gasteiger partial charge in [0, 0.05) is 30.9 Å². The van der Waals surface area contributed by atoms with Crippen LogP contribution >= 0.6 is 11.8 Å². The van der Waals surface area contributed by atoms with Crippen LogP contribution < -0.4 is 5.32 Å². The summed E-state index contributed by atoms with van der Waals surface area (Å²) in [6.45, 7) is 7.19. The maximum Gasteiger partial charge on any atom is 0.0210 e. The summed E-state index contributed by atoms with van der Waals surface area (Å²) in [6.07, 6.45) is 4.19. The van der Waals surface area contributed by atoms with Crippen LogP contribution in [0, 0.1) is 5.41 Å². The van der Waals surface area contributed by atoms with E-state index >= 15 is 0 Å². The van der Waals surface area contributed by atoms with E-state index in [0.29, 0.717) is 11.5 Å². The average molecular weight is 242 g/mol. The van der Waals surface area contributed by atoms with Gasteiger partial charge in [0.1, 0.15) is 0 Å². The molecule has 0 bridgehead atoms. The Morgan fingerprint density at radius 1 is 1.38 bits per heavy atom. The van der Waals surface area contributed by atoms with Gasteiger partial charge in [-0.2, -0.15) is 11.8 Å². The average Bonchev–Trinajstić information content (AvgIpc) is 3.03. The lowest BCUT2D eigenvalue weighted by molar-refractivity contribution is 0.233. The van der Waals surface area contributed by atoms with Gasteiger partial charge < -0.3 is 10.2 Å². The van der Waals surface area contributed by atoms with E-state index in [2.05, 4.69) is 42.9 Å². The molecule has 16 heavy (non-hydrogen) atoms. The van der Waals surface area contributed by atoms with Crippen LogP contribution in [0.1, 0.15) is 33.1 Å². The first-order chi connectivity index (χ1) is 7.59. The number of hydrogen-bond acceptors (Lipinski definition) is 3. The highest BCUT2D eigenvalue weighted by molar-refractivity contribution is 7.99. The van der Waals surface area contributed by atoms with Crippen LogP contribution in [-0.2, 0) is 0 Å². The van der Waals surface area contributed by atoms with Crippen LogP contribution in [0.2, 0.25) is 0 Å². The molecule has 1 aliphatic carbocycles. The normalized spacial score (nSPS) is 29.6. The monoisotopic (exact) mass is 242 g/mol. The van der Waals surface area contributed by atoms with Gasteiger partial charge in [-0.15, -0.1) is 0 Å². The Hall–Kier alpha value is 0.270. The molecule has 1 atom stereocenters. The van der Waals surface area contributed by atoms with Gasteiger partial charge in [-0.05, 0) is 37.5 Å². The Bertz CT molecular complexity index is 226. The Kier molecular flexibility index (Phi) is 4.20. The number of hydrogen-bond donors (Lipinski definition) is 1. The molecule has 0 aromatic heterocycles. The number of likely N-dealkylation sites (N-methyl/N-ethyl adjacent to an activating group) is 1. The van der Waals surface area contributed by atoms with E-state index < -0.39 is 0 Å². The predicted octanol–water partition coefficient (Wildman–Crippen LogP) is 2.20. The Morgan fingerprint density at radius 3 is 2.75 bits per heavy atom. The van der Waals surface area contributed by atoms with Gasteiger partial charge in [-0.25, -0.2) is 0 Å². The van der Waals surface area contributed by atoms with E-state index in [4.69, 9.17) is 0 Å². The minimum absolute atomic E-state index is 0.489. The lowest BCUT2D eigenvalue weighted by Gasteiger charge is -2.39. The zero-order valence-corrected chi connectivity index (χ0v) is 11.8. The highest BCUT2D eigenvalue weighted by Crippen LogP contribution is 2.34. The van der Waals surface area contributed by atoms with Crippen LogP contribution in [0.15, 0.2) is 0 Å². The van der Waals surface area contributed by atoms with Gasteiger partial charge in [-0.1, -0.05) is 13.8 Å². The van der Waals surface area contributed by atoms with Gasteiger partial charge >= 0.3 is 0 Å². The largest absolute Gasteiger partial charge is 0.311 e. The molecule has 1 unspecified atom stereocenters. The second-order valence-corrected chi connectivity index (χ2v) is 7.18. The Morgan fingerprint density at radius 2 is 2.12 bits per heavy atom. The summed E-state index contributed by atoms with van der Waals surface area (Å²) in [5.74, 6) is 2.63. The van der Waals surface area contributed by atoms with Gasteiger partial charge in [0.2, 0.25) is 0 Å². The highest BCUT2D eigenvalue weighted by atomic mass is 32.2. The molecular formula is C13H26N2S. The summed E-state index contributed by atoms with van der Waals surface area (Å²) in [6, 6.07) is 1.61. The molecule has 2 rings (SSSR count). The number of nitrogens with zero attached hydrogens (tertiary/aromatic N) is 1. The van der Waals surface area contributed by atoms with E-state index in [0.717, 1.165) is 12.6 Å². The third-order valence-corrected chi connectivity index (χ3v) is 5.21. The summed E-state index contributed by atoms with van der Waals surface area (Å²) < 4.78 is 0. The summed E-state index contributed by atoms with van der Waals surface area (Å²) >= 11 is 2.11. The van der Waals surface area contributed by atoms with Crippen LogP contribution in [0.3, 0.4) is 0 Å². The van der Waals surface area contributed by atoms with Gasteiger partial charge in [0.15, 0.2) is 0 Å². The van der Waals surface area contributed by atoms with Crippen molar-refractivity contribution in [2.45, 2.75) is 45.2 Å². The minimum Gasteiger partial charge on any atom is -0.311 e. The molecule has 94 valence electrons. The van der Waals surface area contributed by atoms with Crippen molar-refractivity contribution in [2.75, 3.05) is 31.6 Å². The van der Waals surface area contributed by atoms with Crippen molar-refractivity contribution in [2.24, 2.45) is 5.41 Å². The van der Waals surface area contributed by atoms with Crippen LogP contribution in [0.5, 0.6) is 0 Å². The lowest BCUT2D eigenvalue weighted by Crippen LogP contribution is -2.48. The van der Waals surface area contributed by atoms with Gasteiger partial charge in [-0.3, -0.25) is 0 Å². The molecule has 1 saturated carbocycles. The molecule has 0 aromatic rings. The van der Waals surface area contributed by atoms with E-state index in [9.17, 15) is 0 Å². The molecule has 2 nitrogen and oxygen atoms in total. The first kappa shape index (κ1) is 12.7. The summed E-state index contributed by atoms with van der Waals surface area (Å²) in [5, 5.41) is 3.76. The fourth-order valence-corrected chi connectivity index (χ4v) is 4.03. The van der Waals surface area contributed by atoms with Crippen LogP contribution in [0.4, 0.5) is 0 Å². The topological polar surface area (TPSA) is 15.3 Å². The molecule has 3 heteroatoms. The summed E-state index contributed by atoms with van der Waals surface area (Å²) in [4.78, 5) is 2.51. The van der Waals surface area contributed by atoms with Crippen molar-refractivity contribution >= 4 is 11.8 Å². The summed E-state index contributed by atoms with van der Waals surface area (Å²) in [7, 11) is 2.26. The van der Waals surface area contributed by atoms with Crippen molar-refractivity contribution in [3.05, 3.63) is 0 Å². The smallest absolute Gasteiger partial charge is 0.0210 e. The number of rotatable bonds is 5. The third kappa shape index (κ3) is 3.38. The molecule has 0 aromatic carbocycles. The third-order valence-electron chi connectivity index (χ3n) is 4.14. The standard InChI is InChI=1S/C13H26N2S/c1-13(2)6-9-16-10-12(13)14-7-8-15(3)11-4-5-11/h11-12,14H,4-10H2,1-3H3. The van der Waals surface area contributed by atoms with E-state index in [-0.39, 0.29) is 0 Å². The zero-order valence-electron chi connectivity index (χ0n) is 11.0. The minimum atomic E-state index is 0.489. The second kappa shape index (κ2) is 5.28.